The number of benzene rings is 1. The van der Waals surface area contributed by atoms with Gasteiger partial charge >= 0.3 is 0 Å². The number of aryl methyl sites for hydroxylation is 1. The highest BCUT2D eigenvalue weighted by molar-refractivity contribution is 7.89. The molecule has 0 spiro atoms. The van der Waals surface area contributed by atoms with Crippen molar-refractivity contribution in [1.29, 1.82) is 0 Å². The summed E-state index contributed by atoms with van der Waals surface area (Å²) in [7, 11) is -3.46. The molecule has 110 valence electrons. The zero-order valence-electron chi connectivity index (χ0n) is 11.6. The summed E-state index contributed by atoms with van der Waals surface area (Å²) in [6.45, 7) is 2.50. The average Bonchev–Trinajstić information content (AvgIpc) is 2.47. The first-order valence-electron chi connectivity index (χ1n) is 7.29. The van der Waals surface area contributed by atoms with Gasteiger partial charge in [-0.1, -0.05) is 12.5 Å². The van der Waals surface area contributed by atoms with Crippen LogP contribution in [0.4, 0.5) is 5.69 Å². The summed E-state index contributed by atoms with van der Waals surface area (Å²) >= 11 is 0. The maximum Gasteiger partial charge on any atom is 0.253 e. The molecule has 0 saturated carbocycles. The van der Waals surface area contributed by atoms with E-state index in [1.54, 1.807) is 12.1 Å². The quantitative estimate of drug-likeness (QED) is 0.891. The third-order valence-electron chi connectivity index (χ3n) is 3.94. The molecule has 0 amide bonds. The van der Waals surface area contributed by atoms with Crippen LogP contribution in [0.5, 0.6) is 0 Å². The molecule has 2 heterocycles. The lowest BCUT2D eigenvalue weighted by Crippen LogP contribution is -2.44. The van der Waals surface area contributed by atoms with Crippen LogP contribution in [-0.4, -0.2) is 33.1 Å². The summed E-state index contributed by atoms with van der Waals surface area (Å²) in [6.07, 6.45) is 5.40. The van der Waals surface area contributed by atoms with E-state index in [9.17, 15) is 8.42 Å². The molecule has 0 aliphatic carbocycles. The first-order chi connectivity index (χ1) is 9.65. The molecule has 0 radical (unpaired) electrons. The second-order valence-electron chi connectivity index (χ2n) is 5.49. The summed E-state index contributed by atoms with van der Waals surface area (Å²) in [4.78, 5) is 3.04. The number of anilines is 1. The minimum Gasteiger partial charge on any atom is -0.385 e. The molecule has 3 rings (SSSR count). The van der Waals surface area contributed by atoms with Crippen LogP contribution in [0.3, 0.4) is 0 Å². The fourth-order valence-electron chi connectivity index (χ4n) is 2.82. The van der Waals surface area contributed by atoms with E-state index >= 15 is 0 Å². The molecule has 0 atom stereocenters. The Morgan fingerprint density at radius 2 is 1.90 bits per heavy atom. The molecule has 1 fully saturated rings. The topological polar surface area (TPSA) is 61.4 Å². The largest absolute Gasteiger partial charge is 0.385 e. The number of piperidine rings is 1. The van der Waals surface area contributed by atoms with E-state index in [-0.39, 0.29) is 0 Å². The van der Waals surface area contributed by atoms with Crippen molar-refractivity contribution < 1.29 is 8.42 Å². The van der Waals surface area contributed by atoms with Crippen LogP contribution in [0.2, 0.25) is 0 Å². The van der Waals surface area contributed by atoms with Crippen LogP contribution < -0.4 is 10.1 Å². The zero-order chi connectivity index (χ0) is 14.0. The first kappa shape index (κ1) is 13.9. The van der Waals surface area contributed by atoms with Gasteiger partial charge in [-0.2, -0.15) is 0 Å². The van der Waals surface area contributed by atoms with Gasteiger partial charge in [-0.25, -0.2) is 13.4 Å². The number of sulfonamides is 1. The third kappa shape index (κ3) is 2.97. The smallest absolute Gasteiger partial charge is 0.253 e. The number of hydrogen-bond donors (Lipinski definition) is 2. The average molecular weight is 295 g/mol. The Kier molecular flexibility index (Phi) is 3.96. The van der Waals surface area contributed by atoms with Crippen molar-refractivity contribution in [1.82, 2.24) is 9.84 Å². The normalized spacial score (nSPS) is 20.2. The fourth-order valence-corrected chi connectivity index (χ4v) is 3.96. The van der Waals surface area contributed by atoms with Crippen LogP contribution in [0, 0.1) is 0 Å². The lowest BCUT2D eigenvalue weighted by atomic mass is 10.0. The predicted molar refractivity (Wildman–Crippen MR) is 79.0 cm³/mol. The zero-order valence-corrected chi connectivity index (χ0v) is 12.4. The molecule has 2 N–H and O–H groups in total. The Labute approximate surface area is 120 Å². The van der Waals surface area contributed by atoms with Crippen LogP contribution in [0.15, 0.2) is 23.1 Å². The summed E-state index contributed by atoms with van der Waals surface area (Å²) in [5.74, 6) is 0. The number of fused-ring (bicyclic) bond motifs is 1. The van der Waals surface area contributed by atoms with Gasteiger partial charge in [-0.3, -0.25) is 0 Å². The third-order valence-corrected chi connectivity index (χ3v) is 5.31. The maximum absolute atomic E-state index is 12.4. The lowest BCUT2D eigenvalue weighted by Gasteiger charge is -2.27. The number of hydrazine groups is 1. The molecule has 20 heavy (non-hydrogen) atoms. The Hall–Kier alpha value is -1.11. The van der Waals surface area contributed by atoms with Gasteiger partial charge in [0.1, 0.15) is 0 Å². The van der Waals surface area contributed by atoms with Crippen LogP contribution >= 0.6 is 0 Å². The molecular weight excluding hydrogens is 274 g/mol. The highest BCUT2D eigenvalue weighted by atomic mass is 32.2. The number of nitrogens with one attached hydrogen (secondary N) is 2. The summed E-state index contributed by atoms with van der Waals surface area (Å²) < 4.78 is 24.8. The maximum atomic E-state index is 12.4. The summed E-state index contributed by atoms with van der Waals surface area (Å²) in [6, 6.07) is 5.38. The number of hydrogen-bond acceptors (Lipinski definition) is 4. The molecule has 6 heteroatoms. The SMILES string of the molecule is O=S(=O)(NN1CCCCC1)c1ccc2c(c1)NCCC2. The van der Waals surface area contributed by atoms with Crippen LogP contribution in [-0.2, 0) is 16.4 Å². The van der Waals surface area contributed by atoms with E-state index in [0.717, 1.165) is 51.0 Å². The number of rotatable bonds is 3. The lowest BCUT2D eigenvalue weighted by molar-refractivity contribution is 0.200. The molecule has 1 aromatic rings. The second kappa shape index (κ2) is 5.71. The van der Waals surface area contributed by atoms with Gasteiger partial charge in [0, 0.05) is 25.3 Å². The Balaban J connectivity index is 1.79. The van der Waals surface area contributed by atoms with Gasteiger partial charge in [0.25, 0.3) is 10.0 Å². The minimum atomic E-state index is -3.46. The van der Waals surface area contributed by atoms with Gasteiger partial charge in [-0.15, -0.1) is 4.83 Å². The van der Waals surface area contributed by atoms with E-state index < -0.39 is 10.0 Å². The van der Waals surface area contributed by atoms with E-state index in [4.69, 9.17) is 0 Å². The van der Waals surface area contributed by atoms with Crippen molar-refractivity contribution >= 4 is 15.7 Å². The van der Waals surface area contributed by atoms with E-state index in [1.807, 2.05) is 11.1 Å². The van der Waals surface area contributed by atoms with Crippen molar-refractivity contribution in [2.45, 2.75) is 37.0 Å². The predicted octanol–water partition coefficient (Wildman–Crippen LogP) is 1.72. The van der Waals surface area contributed by atoms with E-state index in [1.165, 1.54) is 12.0 Å². The molecular formula is C14H21N3O2S. The molecule has 5 nitrogen and oxygen atoms in total. The second-order valence-corrected chi connectivity index (χ2v) is 7.15. The Bertz CT molecular complexity index is 580. The van der Waals surface area contributed by atoms with Crippen molar-refractivity contribution in [3.8, 4) is 0 Å². The summed E-state index contributed by atoms with van der Waals surface area (Å²) in [5, 5.41) is 5.08. The van der Waals surface area contributed by atoms with Gasteiger partial charge in [0.2, 0.25) is 0 Å². The highest BCUT2D eigenvalue weighted by Crippen LogP contribution is 2.25. The Morgan fingerprint density at radius 3 is 2.70 bits per heavy atom. The number of nitrogens with zero attached hydrogens (tertiary/aromatic N) is 1. The van der Waals surface area contributed by atoms with Gasteiger partial charge in [0.05, 0.1) is 4.90 Å². The standard InChI is InChI=1S/C14H21N3O2S/c18-20(19,16-17-9-2-1-3-10-17)13-7-6-12-5-4-8-15-14(12)11-13/h6-7,11,15-16H,1-5,8-10H2. The van der Waals surface area contributed by atoms with E-state index in [0.29, 0.717) is 4.90 Å². The van der Waals surface area contributed by atoms with Crippen LogP contribution in [0.25, 0.3) is 0 Å². The van der Waals surface area contributed by atoms with Gasteiger partial charge < -0.3 is 5.32 Å². The first-order valence-corrected chi connectivity index (χ1v) is 8.78. The summed E-state index contributed by atoms with van der Waals surface area (Å²) in [5.41, 5.74) is 2.16. The minimum absolute atomic E-state index is 0.344. The monoisotopic (exact) mass is 295 g/mol. The highest BCUT2D eigenvalue weighted by Gasteiger charge is 2.21. The van der Waals surface area contributed by atoms with Crippen molar-refractivity contribution in [3.63, 3.8) is 0 Å². The fraction of sp³-hybridized carbons (Fsp3) is 0.571. The van der Waals surface area contributed by atoms with Gasteiger partial charge in [-0.05, 0) is 43.4 Å². The molecule has 0 aromatic heterocycles. The Morgan fingerprint density at radius 1 is 1.10 bits per heavy atom. The molecule has 2 aliphatic heterocycles. The molecule has 1 saturated heterocycles. The van der Waals surface area contributed by atoms with Crippen LogP contribution in [0.1, 0.15) is 31.2 Å². The van der Waals surface area contributed by atoms with E-state index in [2.05, 4.69) is 10.1 Å². The molecule has 0 unspecified atom stereocenters. The van der Waals surface area contributed by atoms with Crippen molar-refractivity contribution in [2.75, 3.05) is 25.0 Å². The van der Waals surface area contributed by atoms with Crippen molar-refractivity contribution in [2.24, 2.45) is 0 Å². The molecule has 1 aromatic carbocycles. The van der Waals surface area contributed by atoms with Gasteiger partial charge in [0.15, 0.2) is 0 Å². The molecule has 2 aliphatic rings. The van der Waals surface area contributed by atoms with Crippen molar-refractivity contribution in [3.05, 3.63) is 23.8 Å². The molecule has 0 bridgehead atoms.